The van der Waals surface area contributed by atoms with Crippen molar-refractivity contribution >= 4 is 27.8 Å². The molecular weight excluding hydrogens is 404 g/mol. The van der Waals surface area contributed by atoms with Gasteiger partial charge in [0.25, 0.3) is 0 Å². The SMILES string of the molecule is Cc1nccn1C/C=C/c1cc(C(=O)CBr)c(C)n1-c1ccc(C#N)cc1. The van der Waals surface area contributed by atoms with E-state index in [4.69, 9.17) is 5.26 Å². The lowest BCUT2D eigenvalue weighted by atomic mass is 10.2. The monoisotopic (exact) mass is 422 g/mol. The minimum absolute atomic E-state index is 0.0417. The van der Waals surface area contributed by atoms with E-state index in [-0.39, 0.29) is 11.1 Å². The molecule has 0 radical (unpaired) electrons. The fraction of sp³-hybridized carbons (Fsp3) is 0.190. The van der Waals surface area contributed by atoms with Crippen LogP contribution in [0.25, 0.3) is 11.8 Å². The average molecular weight is 423 g/mol. The number of alkyl halides is 1. The second-order valence-electron chi connectivity index (χ2n) is 6.15. The van der Waals surface area contributed by atoms with E-state index < -0.39 is 0 Å². The summed E-state index contributed by atoms with van der Waals surface area (Å²) in [5.74, 6) is 0.994. The maximum Gasteiger partial charge on any atom is 0.175 e. The topological polar surface area (TPSA) is 63.6 Å². The van der Waals surface area contributed by atoms with Crippen LogP contribution < -0.4 is 0 Å². The summed E-state index contributed by atoms with van der Waals surface area (Å²) in [4.78, 5) is 16.5. The summed E-state index contributed by atoms with van der Waals surface area (Å²) in [6, 6.07) is 11.4. The Bertz CT molecular complexity index is 1040. The van der Waals surface area contributed by atoms with Gasteiger partial charge in [0.1, 0.15) is 5.82 Å². The number of carbonyl (C=O) groups is 1. The smallest absolute Gasteiger partial charge is 0.175 e. The zero-order valence-electron chi connectivity index (χ0n) is 15.2. The molecule has 5 nitrogen and oxygen atoms in total. The summed E-state index contributed by atoms with van der Waals surface area (Å²) < 4.78 is 4.08. The summed E-state index contributed by atoms with van der Waals surface area (Å²) in [6.07, 6.45) is 7.77. The van der Waals surface area contributed by atoms with Crippen LogP contribution in [-0.2, 0) is 6.54 Å². The Kier molecular flexibility index (Phi) is 5.72. The molecule has 0 aliphatic rings. The molecule has 0 bridgehead atoms. The predicted molar refractivity (Wildman–Crippen MR) is 109 cm³/mol. The number of allylic oxidation sites excluding steroid dienone is 1. The van der Waals surface area contributed by atoms with Crippen LogP contribution in [0, 0.1) is 25.2 Å². The summed E-state index contributed by atoms with van der Waals surface area (Å²) in [5, 5.41) is 9.30. The van der Waals surface area contributed by atoms with Crippen LogP contribution in [-0.4, -0.2) is 25.2 Å². The fourth-order valence-electron chi connectivity index (χ4n) is 3.02. The average Bonchev–Trinajstić information content (AvgIpc) is 3.24. The van der Waals surface area contributed by atoms with Crippen molar-refractivity contribution in [3.63, 3.8) is 0 Å². The van der Waals surface area contributed by atoms with Gasteiger partial charge in [-0.1, -0.05) is 22.0 Å². The number of carbonyl (C=O) groups excluding carboxylic acids is 1. The predicted octanol–water partition coefficient (Wildman–Crippen LogP) is 4.45. The number of hydrogen-bond donors (Lipinski definition) is 0. The van der Waals surface area contributed by atoms with E-state index in [1.807, 2.05) is 59.5 Å². The molecule has 2 heterocycles. The molecule has 6 heteroatoms. The number of nitrogens with zero attached hydrogens (tertiary/aromatic N) is 4. The molecule has 0 fully saturated rings. The molecule has 0 atom stereocenters. The van der Waals surface area contributed by atoms with Crippen LogP contribution in [0.3, 0.4) is 0 Å². The largest absolute Gasteiger partial charge is 0.331 e. The van der Waals surface area contributed by atoms with Crippen molar-refractivity contribution in [1.82, 2.24) is 14.1 Å². The van der Waals surface area contributed by atoms with Gasteiger partial charge in [0.05, 0.1) is 17.0 Å². The maximum absolute atomic E-state index is 12.3. The van der Waals surface area contributed by atoms with E-state index in [0.717, 1.165) is 22.9 Å². The van der Waals surface area contributed by atoms with E-state index in [1.54, 1.807) is 18.3 Å². The summed E-state index contributed by atoms with van der Waals surface area (Å²) >= 11 is 3.26. The summed E-state index contributed by atoms with van der Waals surface area (Å²) in [7, 11) is 0. The first-order valence-electron chi connectivity index (χ1n) is 8.51. The Balaban J connectivity index is 2.01. The number of nitriles is 1. The van der Waals surface area contributed by atoms with Gasteiger partial charge >= 0.3 is 0 Å². The molecule has 136 valence electrons. The third kappa shape index (κ3) is 3.93. The molecule has 27 heavy (non-hydrogen) atoms. The minimum atomic E-state index is 0.0417. The van der Waals surface area contributed by atoms with Gasteiger partial charge in [-0.15, -0.1) is 0 Å². The van der Waals surface area contributed by atoms with Crippen LogP contribution in [0.15, 0.2) is 48.8 Å². The minimum Gasteiger partial charge on any atom is -0.331 e. The van der Waals surface area contributed by atoms with Crippen molar-refractivity contribution in [3.05, 3.63) is 77.1 Å². The molecule has 0 aliphatic carbocycles. The van der Waals surface area contributed by atoms with Crippen molar-refractivity contribution in [3.8, 4) is 11.8 Å². The number of Topliss-reactive ketones (excluding diaryl/α,β-unsaturated/α-hetero) is 1. The summed E-state index contributed by atoms with van der Waals surface area (Å²) in [5.41, 5.74) is 4.00. The number of halogens is 1. The molecule has 0 aliphatic heterocycles. The molecule has 0 spiro atoms. The van der Waals surface area contributed by atoms with Crippen LogP contribution in [0.2, 0.25) is 0 Å². The fourth-order valence-corrected chi connectivity index (χ4v) is 3.32. The van der Waals surface area contributed by atoms with Crippen LogP contribution in [0.1, 0.15) is 33.1 Å². The number of imidazole rings is 1. The number of ketones is 1. The highest BCUT2D eigenvalue weighted by molar-refractivity contribution is 9.09. The Hall–Kier alpha value is -2.91. The van der Waals surface area contributed by atoms with Gasteiger partial charge < -0.3 is 9.13 Å². The van der Waals surface area contributed by atoms with E-state index in [0.29, 0.717) is 17.7 Å². The molecule has 0 saturated carbocycles. The first kappa shape index (κ1) is 18.9. The third-order valence-corrected chi connectivity index (χ3v) is 4.98. The molecule has 0 N–H and O–H groups in total. The Morgan fingerprint density at radius 1 is 1.30 bits per heavy atom. The Morgan fingerprint density at radius 3 is 2.63 bits per heavy atom. The zero-order valence-corrected chi connectivity index (χ0v) is 16.8. The molecule has 0 unspecified atom stereocenters. The van der Waals surface area contributed by atoms with Crippen LogP contribution in [0.4, 0.5) is 0 Å². The number of aryl methyl sites for hydroxylation is 1. The molecule has 0 saturated heterocycles. The number of rotatable bonds is 6. The van der Waals surface area contributed by atoms with Crippen molar-refractivity contribution in [2.45, 2.75) is 20.4 Å². The lowest BCUT2D eigenvalue weighted by Crippen LogP contribution is -2.04. The van der Waals surface area contributed by atoms with Crippen LogP contribution >= 0.6 is 15.9 Å². The third-order valence-electron chi connectivity index (χ3n) is 4.47. The van der Waals surface area contributed by atoms with E-state index in [1.165, 1.54) is 0 Å². The van der Waals surface area contributed by atoms with E-state index in [2.05, 4.69) is 27.0 Å². The number of aromatic nitrogens is 3. The van der Waals surface area contributed by atoms with Gasteiger partial charge in [-0.25, -0.2) is 4.98 Å². The quantitative estimate of drug-likeness (QED) is 0.435. The Labute approximate surface area is 166 Å². The van der Waals surface area contributed by atoms with Gasteiger partial charge in [-0.2, -0.15) is 5.26 Å². The molecule has 3 aromatic rings. The van der Waals surface area contributed by atoms with Crippen LogP contribution in [0.5, 0.6) is 0 Å². The molecule has 1 aromatic carbocycles. The highest BCUT2D eigenvalue weighted by atomic mass is 79.9. The second kappa shape index (κ2) is 8.19. The molecule has 2 aromatic heterocycles. The summed E-state index contributed by atoms with van der Waals surface area (Å²) in [6.45, 7) is 4.60. The molecular formula is C21H19BrN4O. The number of benzene rings is 1. The van der Waals surface area contributed by atoms with Gasteiger partial charge in [0.15, 0.2) is 5.78 Å². The standard InChI is InChI=1S/C21H19BrN4O/c1-15-20(21(27)13-22)12-19(4-3-10-25-11-9-24-16(25)2)26(15)18-7-5-17(14-23)6-8-18/h3-9,11-12H,10,13H2,1-2H3/b4-3+. The van der Waals surface area contributed by atoms with Gasteiger partial charge in [-0.05, 0) is 50.3 Å². The van der Waals surface area contributed by atoms with Crippen molar-refractivity contribution in [2.24, 2.45) is 0 Å². The van der Waals surface area contributed by atoms with Gasteiger partial charge in [0, 0.05) is 41.6 Å². The lowest BCUT2D eigenvalue weighted by Gasteiger charge is -2.10. The second-order valence-corrected chi connectivity index (χ2v) is 6.71. The van der Waals surface area contributed by atoms with Gasteiger partial charge in [-0.3, -0.25) is 4.79 Å². The molecule has 3 rings (SSSR count). The highest BCUT2D eigenvalue weighted by Gasteiger charge is 2.16. The maximum atomic E-state index is 12.3. The van der Waals surface area contributed by atoms with E-state index in [9.17, 15) is 4.79 Å². The number of hydrogen-bond acceptors (Lipinski definition) is 3. The molecule has 0 amide bonds. The highest BCUT2D eigenvalue weighted by Crippen LogP contribution is 2.24. The first-order chi connectivity index (χ1) is 13.0. The van der Waals surface area contributed by atoms with Gasteiger partial charge in [0.2, 0.25) is 0 Å². The van der Waals surface area contributed by atoms with Crippen molar-refractivity contribution in [2.75, 3.05) is 5.33 Å². The normalized spacial score (nSPS) is 11.0. The first-order valence-corrected chi connectivity index (χ1v) is 9.63. The van der Waals surface area contributed by atoms with E-state index >= 15 is 0 Å². The van der Waals surface area contributed by atoms with Crippen molar-refractivity contribution < 1.29 is 4.79 Å². The Morgan fingerprint density at radius 2 is 2.04 bits per heavy atom. The lowest BCUT2D eigenvalue weighted by molar-refractivity contribution is 0.102. The zero-order chi connectivity index (χ0) is 19.4. The van der Waals surface area contributed by atoms with Crippen molar-refractivity contribution in [1.29, 1.82) is 5.26 Å².